The van der Waals surface area contributed by atoms with Crippen LogP contribution in [0.2, 0.25) is 10.0 Å². The highest BCUT2D eigenvalue weighted by molar-refractivity contribution is 6.42. The molecule has 0 radical (unpaired) electrons. The second kappa shape index (κ2) is 7.40. The Morgan fingerprint density at radius 3 is 2.35 bits per heavy atom. The van der Waals surface area contributed by atoms with Crippen molar-refractivity contribution in [3.8, 4) is 0 Å². The Kier molecular flexibility index (Phi) is 5.06. The lowest BCUT2D eigenvalue weighted by Crippen LogP contribution is -2.01. The van der Waals surface area contributed by atoms with Gasteiger partial charge in [-0.3, -0.25) is 9.98 Å². The molecule has 1 unspecified atom stereocenters. The number of rotatable bonds is 4. The lowest BCUT2D eigenvalue weighted by molar-refractivity contribution is 0.835. The number of nitrogens with zero attached hydrogens (tertiary/aromatic N) is 2. The normalized spacial score (nSPS) is 12.4. The van der Waals surface area contributed by atoms with Crippen molar-refractivity contribution in [2.24, 2.45) is 4.99 Å². The number of hydrogen-bond donors (Lipinski definition) is 0. The molecule has 2 nitrogen and oxygen atoms in total. The zero-order valence-corrected chi connectivity index (χ0v) is 13.7. The van der Waals surface area contributed by atoms with Crippen LogP contribution in [0.25, 0.3) is 0 Å². The topological polar surface area (TPSA) is 25.2 Å². The van der Waals surface area contributed by atoms with Gasteiger partial charge >= 0.3 is 0 Å². The van der Waals surface area contributed by atoms with Gasteiger partial charge in [0.2, 0.25) is 0 Å². The Morgan fingerprint density at radius 2 is 1.65 bits per heavy atom. The largest absolute Gasteiger partial charge is 0.278 e. The Bertz CT molecular complexity index is 763. The van der Waals surface area contributed by atoms with E-state index >= 15 is 0 Å². The summed E-state index contributed by atoms with van der Waals surface area (Å²) in [5, 5.41) is 1.05. The minimum atomic E-state index is -0.160. The van der Waals surface area contributed by atoms with Crippen LogP contribution in [0.4, 0.5) is 0 Å². The molecular weight excluding hydrogens is 327 g/mol. The molecule has 4 heteroatoms. The van der Waals surface area contributed by atoms with E-state index in [4.69, 9.17) is 28.2 Å². The van der Waals surface area contributed by atoms with Gasteiger partial charge in [0.15, 0.2) is 0 Å². The number of halogens is 2. The van der Waals surface area contributed by atoms with Crippen molar-refractivity contribution in [3.05, 3.63) is 99.8 Å². The summed E-state index contributed by atoms with van der Waals surface area (Å²) in [5.74, 6) is 0. The minimum Gasteiger partial charge on any atom is -0.278 e. The lowest BCUT2D eigenvalue weighted by Gasteiger charge is -2.12. The summed E-state index contributed by atoms with van der Waals surface area (Å²) in [6, 6.07) is 21.2. The van der Waals surface area contributed by atoms with Crippen LogP contribution < -0.4 is 0 Å². The van der Waals surface area contributed by atoms with Crippen LogP contribution in [-0.2, 0) is 0 Å². The molecule has 0 saturated heterocycles. The fourth-order valence-electron chi connectivity index (χ4n) is 2.26. The molecule has 23 heavy (non-hydrogen) atoms. The molecule has 3 aromatic rings. The minimum absolute atomic E-state index is 0.160. The first-order chi connectivity index (χ1) is 11.2. The maximum absolute atomic E-state index is 6.06. The van der Waals surface area contributed by atoms with Gasteiger partial charge in [0.1, 0.15) is 6.04 Å². The number of hydrogen-bond acceptors (Lipinski definition) is 2. The van der Waals surface area contributed by atoms with Crippen LogP contribution in [0, 0.1) is 0 Å². The molecule has 0 amide bonds. The Balaban J connectivity index is 1.96. The van der Waals surface area contributed by atoms with Crippen LogP contribution in [-0.4, -0.2) is 11.2 Å². The summed E-state index contributed by atoms with van der Waals surface area (Å²) in [4.78, 5) is 9.15. The summed E-state index contributed by atoms with van der Waals surface area (Å²) in [6.45, 7) is 0. The maximum Gasteiger partial charge on any atom is 0.117 e. The van der Waals surface area contributed by atoms with E-state index in [1.165, 1.54) is 0 Å². The van der Waals surface area contributed by atoms with Crippen molar-refractivity contribution in [1.29, 1.82) is 0 Å². The molecule has 0 saturated carbocycles. The fraction of sp³-hybridized carbons (Fsp3) is 0.0526. The molecule has 3 rings (SSSR count). The van der Waals surface area contributed by atoms with Crippen molar-refractivity contribution in [1.82, 2.24) is 4.98 Å². The Hall–Kier alpha value is -2.16. The average Bonchev–Trinajstić information content (AvgIpc) is 2.60. The molecule has 0 aliphatic carbocycles. The third-order valence-corrected chi connectivity index (χ3v) is 4.14. The first-order valence-electron chi connectivity index (χ1n) is 7.18. The van der Waals surface area contributed by atoms with E-state index in [2.05, 4.69) is 4.98 Å². The first-order valence-corrected chi connectivity index (χ1v) is 7.94. The summed E-state index contributed by atoms with van der Waals surface area (Å²) in [5.41, 5.74) is 2.88. The molecule has 2 aromatic carbocycles. The van der Waals surface area contributed by atoms with E-state index in [0.717, 1.165) is 16.8 Å². The van der Waals surface area contributed by atoms with Crippen molar-refractivity contribution in [2.75, 3.05) is 0 Å². The van der Waals surface area contributed by atoms with Crippen LogP contribution in [0.15, 0.2) is 77.9 Å². The van der Waals surface area contributed by atoms with Gasteiger partial charge in [-0.1, -0.05) is 65.7 Å². The molecule has 0 aliphatic rings. The molecule has 0 N–H and O–H groups in total. The summed E-state index contributed by atoms with van der Waals surface area (Å²) in [6.07, 6.45) is 3.58. The smallest absolute Gasteiger partial charge is 0.117 e. The summed E-state index contributed by atoms with van der Waals surface area (Å²) in [7, 11) is 0. The van der Waals surface area contributed by atoms with Crippen LogP contribution in [0.3, 0.4) is 0 Å². The molecule has 1 heterocycles. The van der Waals surface area contributed by atoms with Crippen molar-refractivity contribution in [3.63, 3.8) is 0 Å². The number of pyridine rings is 1. The van der Waals surface area contributed by atoms with Crippen molar-refractivity contribution < 1.29 is 0 Å². The van der Waals surface area contributed by atoms with Gasteiger partial charge in [-0.05, 0) is 35.4 Å². The fourth-order valence-corrected chi connectivity index (χ4v) is 2.57. The molecule has 0 bridgehead atoms. The van der Waals surface area contributed by atoms with Gasteiger partial charge in [-0.25, -0.2) is 0 Å². The van der Waals surface area contributed by atoms with Gasteiger partial charge in [0.25, 0.3) is 0 Å². The van der Waals surface area contributed by atoms with Crippen molar-refractivity contribution in [2.45, 2.75) is 6.04 Å². The predicted octanol–water partition coefficient (Wildman–Crippen LogP) is 5.60. The Morgan fingerprint density at radius 1 is 0.870 bits per heavy atom. The number of aliphatic imine (C=N–C) groups is 1. The van der Waals surface area contributed by atoms with Gasteiger partial charge in [-0.15, -0.1) is 0 Å². The zero-order valence-electron chi connectivity index (χ0n) is 12.2. The van der Waals surface area contributed by atoms with E-state index in [-0.39, 0.29) is 6.04 Å². The molecule has 0 fully saturated rings. The molecular formula is C19H14Cl2N2. The zero-order chi connectivity index (χ0) is 16.1. The van der Waals surface area contributed by atoms with E-state index in [9.17, 15) is 0 Å². The van der Waals surface area contributed by atoms with Gasteiger partial charge in [0.05, 0.1) is 15.7 Å². The molecule has 1 aromatic heterocycles. The summed E-state index contributed by atoms with van der Waals surface area (Å²) >= 11 is 12.0. The number of benzene rings is 2. The highest BCUT2D eigenvalue weighted by atomic mass is 35.5. The van der Waals surface area contributed by atoms with Gasteiger partial charge in [0, 0.05) is 12.4 Å². The van der Waals surface area contributed by atoms with E-state index in [1.807, 2.05) is 54.6 Å². The lowest BCUT2D eigenvalue weighted by atomic mass is 10.0. The number of aromatic nitrogens is 1. The van der Waals surface area contributed by atoms with Crippen molar-refractivity contribution >= 4 is 29.4 Å². The average molecular weight is 341 g/mol. The van der Waals surface area contributed by atoms with Gasteiger partial charge < -0.3 is 0 Å². The standard InChI is InChI=1S/C19H14Cl2N2/c20-16-10-9-14(12-17(16)21)13-23-19(15-6-2-1-3-7-15)18-8-4-5-11-22-18/h1-13,19H/b23-13+. The third kappa shape index (κ3) is 3.98. The predicted molar refractivity (Wildman–Crippen MR) is 96.6 cm³/mol. The van der Waals surface area contributed by atoms with Crippen LogP contribution in [0.5, 0.6) is 0 Å². The molecule has 0 aliphatic heterocycles. The molecule has 0 spiro atoms. The second-order valence-corrected chi connectivity index (χ2v) is 5.83. The summed E-state index contributed by atoms with van der Waals surface area (Å²) < 4.78 is 0. The van der Waals surface area contributed by atoms with E-state index < -0.39 is 0 Å². The van der Waals surface area contributed by atoms with E-state index in [0.29, 0.717) is 10.0 Å². The SMILES string of the molecule is Clc1ccc(/C=N/C(c2ccccc2)c2ccccn2)cc1Cl. The highest BCUT2D eigenvalue weighted by Crippen LogP contribution is 2.25. The maximum atomic E-state index is 6.06. The Labute approximate surface area is 145 Å². The highest BCUT2D eigenvalue weighted by Gasteiger charge is 2.12. The van der Waals surface area contributed by atoms with Gasteiger partial charge in [-0.2, -0.15) is 0 Å². The molecule has 1 atom stereocenters. The molecule has 114 valence electrons. The van der Waals surface area contributed by atoms with Crippen LogP contribution >= 0.6 is 23.2 Å². The van der Waals surface area contributed by atoms with E-state index in [1.54, 1.807) is 24.5 Å². The first kappa shape index (κ1) is 15.7. The van der Waals surface area contributed by atoms with Crippen LogP contribution in [0.1, 0.15) is 22.9 Å². The second-order valence-electron chi connectivity index (χ2n) is 5.02. The third-order valence-electron chi connectivity index (χ3n) is 3.40. The quantitative estimate of drug-likeness (QED) is 0.567. The monoisotopic (exact) mass is 340 g/mol.